The lowest BCUT2D eigenvalue weighted by Gasteiger charge is -2.07. The molecule has 0 radical (unpaired) electrons. The van der Waals surface area contributed by atoms with E-state index in [1.165, 1.54) is 10.7 Å². The number of aliphatic imine (C=N–C) groups is 1. The van der Waals surface area contributed by atoms with Gasteiger partial charge in [-0.15, -0.1) is 0 Å². The Bertz CT molecular complexity index is 1170. The molecule has 0 aliphatic rings. The second-order valence-corrected chi connectivity index (χ2v) is 6.71. The molecule has 30 heavy (non-hydrogen) atoms. The second kappa shape index (κ2) is 9.13. The predicted molar refractivity (Wildman–Crippen MR) is 116 cm³/mol. The molecule has 0 unspecified atom stereocenters. The molecule has 0 saturated carbocycles. The van der Waals surface area contributed by atoms with E-state index in [-0.39, 0.29) is 12.1 Å². The molecule has 0 aliphatic carbocycles. The maximum atomic E-state index is 12.7. The molecule has 0 bridgehead atoms. The second-order valence-electron chi connectivity index (χ2n) is 6.71. The van der Waals surface area contributed by atoms with Crippen molar-refractivity contribution in [2.45, 2.75) is 27.3 Å². The van der Waals surface area contributed by atoms with Crippen molar-refractivity contribution in [2.75, 3.05) is 7.11 Å². The monoisotopic (exact) mass is 405 g/mol. The van der Waals surface area contributed by atoms with Crippen molar-refractivity contribution < 1.29 is 9.26 Å². The number of aromatic nitrogens is 4. The highest BCUT2D eigenvalue weighted by molar-refractivity contribution is 5.65. The van der Waals surface area contributed by atoms with Crippen LogP contribution in [0, 0.1) is 6.92 Å². The van der Waals surface area contributed by atoms with Gasteiger partial charge in [0.1, 0.15) is 17.2 Å². The Morgan fingerprint density at radius 3 is 2.73 bits per heavy atom. The number of aryl methyl sites for hydroxylation is 1. The number of methoxy groups -OCH3 is 1. The van der Waals surface area contributed by atoms with E-state index in [4.69, 9.17) is 9.26 Å². The highest BCUT2D eigenvalue weighted by Crippen LogP contribution is 2.22. The molecule has 0 fully saturated rings. The summed E-state index contributed by atoms with van der Waals surface area (Å²) in [5.41, 5.74) is 4.18. The molecule has 0 atom stereocenters. The zero-order valence-electron chi connectivity index (χ0n) is 17.4. The first-order valence-electron chi connectivity index (χ1n) is 9.28. The summed E-state index contributed by atoms with van der Waals surface area (Å²) in [5, 5.41) is 8.45. The molecule has 8 heteroatoms. The van der Waals surface area contributed by atoms with Crippen LogP contribution in [0.3, 0.4) is 0 Å². The molecule has 3 heterocycles. The van der Waals surface area contributed by atoms with E-state index in [1.54, 1.807) is 31.6 Å². The normalized spacial score (nSPS) is 12.1. The summed E-state index contributed by atoms with van der Waals surface area (Å²) in [6.45, 7) is 9.33. The molecule has 3 aromatic rings. The van der Waals surface area contributed by atoms with Gasteiger partial charge in [-0.2, -0.15) is 5.10 Å². The fourth-order valence-corrected chi connectivity index (χ4v) is 2.78. The molecule has 0 N–H and O–H groups in total. The van der Waals surface area contributed by atoms with Crippen LogP contribution in [0.2, 0.25) is 0 Å². The molecule has 0 aromatic carbocycles. The van der Waals surface area contributed by atoms with Crippen LogP contribution in [0.1, 0.15) is 30.9 Å². The zero-order chi connectivity index (χ0) is 21.7. The summed E-state index contributed by atoms with van der Waals surface area (Å²) < 4.78 is 11.8. The third-order valence-corrected chi connectivity index (χ3v) is 4.63. The van der Waals surface area contributed by atoms with E-state index < -0.39 is 0 Å². The van der Waals surface area contributed by atoms with Crippen LogP contribution in [0.25, 0.3) is 16.8 Å². The molecule has 0 saturated heterocycles. The molecule has 0 spiro atoms. The highest BCUT2D eigenvalue weighted by atomic mass is 16.5. The average molecular weight is 405 g/mol. The molecular weight excluding hydrogens is 382 g/mol. The van der Waals surface area contributed by atoms with Gasteiger partial charge in [0, 0.05) is 22.9 Å². The highest BCUT2D eigenvalue weighted by Gasteiger charge is 2.16. The fourth-order valence-electron chi connectivity index (χ4n) is 2.78. The summed E-state index contributed by atoms with van der Waals surface area (Å²) in [4.78, 5) is 20.8. The number of hydrogen-bond donors (Lipinski definition) is 0. The van der Waals surface area contributed by atoms with Gasteiger partial charge in [0.2, 0.25) is 0 Å². The fraction of sp³-hybridized carbons (Fsp3) is 0.227. The third kappa shape index (κ3) is 4.60. The van der Waals surface area contributed by atoms with Crippen molar-refractivity contribution in [3.8, 4) is 17.0 Å². The van der Waals surface area contributed by atoms with Crippen molar-refractivity contribution in [1.82, 2.24) is 19.9 Å². The average Bonchev–Trinajstić information content (AvgIpc) is 3.13. The number of pyridine rings is 1. The van der Waals surface area contributed by atoms with Gasteiger partial charge in [0.05, 0.1) is 31.7 Å². The first kappa shape index (κ1) is 20.9. The molecule has 0 aliphatic heterocycles. The lowest BCUT2D eigenvalue weighted by atomic mass is 10.1. The van der Waals surface area contributed by atoms with Crippen LogP contribution in [-0.4, -0.2) is 33.7 Å². The Morgan fingerprint density at radius 2 is 2.10 bits per heavy atom. The zero-order valence-corrected chi connectivity index (χ0v) is 17.4. The first-order chi connectivity index (χ1) is 14.4. The standard InChI is InChI=1S/C22H23N5O3/c1-14(6-7-15(2)23-4)22-19(16(3)30-26-22)13-27-21(28)10-17(11-25-27)20-9-8-18(29-5)12-24-20/h6-12H,4,13H2,1-3,5H3/b14-6+,15-7-. The van der Waals surface area contributed by atoms with Gasteiger partial charge in [0.15, 0.2) is 0 Å². The minimum atomic E-state index is -0.245. The minimum absolute atomic E-state index is 0.243. The SMILES string of the molecule is C=N/C(C)=C\C=C(/C)c1noc(C)c1Cn1ncc(-c2ccc(OC)cn2)cc1=O. The van der Waals surface area contributed by atoms with E-state index in [1.807, 2.05) is 32.9 Å². The van der Waals surface area contributed by atoms with Crippen LogP contribution < -0.4 is 10.3 Å². The Labute approximate surface area is 174 Å². The van der Waals surface area contributed by atoms with E-state index in [0.717, 1.165) is 16.8 Å². The Balaban J connectivity index is 1.89. The van der Waals surface area contributed by atoms with Crippen molar-refractivity contribution in [3.63, 3.8) is 0 Å². The lowest BCUT2D eigenvalue weighted by molar-refractivity contribution is 0.394. The summed E-state index contributed by atoms with van der Waals surface area (Å²) >= 11 is 0. The van der Waals surface area contributed by atoms with E-state index in [2.05, 4.69) is 26.9 Å². The summed E-state index contributed by atoms with van der Waals surface area (Å²) in [6.07, 6.45) is 6.95. The number of rotatable bonds is 7. The number of hydrogen-bond acceptors (Lipinski definition) is 7. The largest absolute Gasteiger partial charge is 0.495 e. The first-order valence-corrected chi connectivity index (χ1v) is 9.28. The van der Waals surface area contributed by atoms with Gasteiger partial charge < -0.3 is 9.26 Å². The van der Waals surface area contributed by atoms with Gasteiger partial charge in [-0.05, 0) is 51.3 Å². The van der Waals surface area contributed by atoms with E-state index in [9.17, 15) is 4.79 Å². The van der Waals surface area contributed by atoms with Crippen molar-refractivity contribution in [3.05, 3.63) is 75.8 Å². The molecule has 3 rings (SSSR count). The maximum absolute atomic E-state index is 12.7. The van der Waals surface area contributed by atoms with Crippen LogP contribution >= 0.6 is 0 Å². The quantitative estimate of drug-likeness (QED) is 0.440. The van der Waals surface area contributed by atoms with Gasteiger partial charge in [-0.25, -0.2) is 4.68 Å². The summed E-state index contributed by atoms with van der Waals surface area (Å²) in [5.74, 6) is 1.28. The summed E-state index contributed by atoms with van der Waals surface area (Å²) in [6, 6.07) is 5.08. The maximum Gasteiger partial charge on any atom is 0.267 e. The number of nitrogens with zero attached hydrogens (tertiary/aromatic N) is 5. The van der Waals surface area contributed by atoms with Gasteiger partial charge in [-0.1, -0.05) is 11.2 Å². The topological polar surface area (TPSA) is 95.4 Å². The molecule has 3 aromatic heterocycles. The minimum Gasteiger partial charge on any atom is -0.495 e. The van der Waals surface area contributed by atoms with E-state index in [0.29, 0.717) is 28.5 Å². The smallest absolute Gasteiger partial charge is 0.267 e. The van der Waals surface area contributed by atoms with Crippen LogP contribution in [0.5, 0.6) is 5.75 Å². The Morgan fingerprint density at radius 1 is 1.30 bits per heavy atom. The number of ether oxygens (including phenoxy) is 1. The van der Waals surface area contributed by atoms with Crippen molar-refractivity contribution >= 4 is 12.3 Å². The van der Waals surface area contributed by atoms with Gasteiger partial charge >= 0.3 is 0 Å². The van der Waals surface area contributed by atoms with E-state index >= 15 is 0 Å². The Kier molecular flexibility index (Phi) is 6.36. The molecule has 0 amide bonds. The van der Waals surface area contributed by atoms with Gasteiger partial charge in [-0.3, -0.25) is 14.8 Å². The van der Waals surface area contributed by atoms with Crippen LogP contribution in [0.15, 0.2) is 62.8 Å². The molecular formula is C22H23N5O3. The van der Waals surface area contributed by atoms with Crippen LogP contribution in [-0.2, 0) is 6.54 Å². The van der Waals surface area contributed by atoms with Gasteiger partial charge in [0.25, 0.3) is 5.56 Å². The summed E-state index contributed by atoms with van der Waals surface area (Å²) in [7, 11) is 1.57. The van der Waals surface area contributed by atoms with Crippen molar-refractivity contribution in [2.24, 2.45) is 4.99 Å². The molecule has 8 nitrogen and oxygen atoms in total. The third-order valence-electron chi connectivity index (χ3n) is 4.63. The van der Waals surface area contributed by atoms with Crippen LogP contribution in [0.4, 0.5) is 0 Å². The van der Waals surface area contributed by atoms with Crippen molar-refractivity contribution in [1.29, 1.82) is 0 Å². The Hall–Kier alpha value is -3.81. The lowest BCUT2D eigenvalue weighted by Crippen LogP contribution is -2.23. The number of allylic oxidation sites excluding steroid dienone is 4. The predicted octanol–water partition coefficient (Wildman–Crippen LogP) is 3.67. The molecule has 154 valence electrons.